The van der Waals surface area contributed by atoms with Crippen LogP contribution in [0, 0.1) is 6.92 Å². The van der Waals surface area contributed by atoms with E-state index in [4.69, 9.17) is 4.74 Å². The molecule has 19 heavy (non-hydrogen) atoms. The molecule has 0 spiro atoms. The molecule has 0 amide bonds. The number of hydrogen-bond donors (Lipinski definition) is 2. The Morgan fingerprint density at radius 1 is 1.21 bits per heavy atom. The second-order valence-electron chi connectivity index (χ2n) is 4.38. The number of nitrogens with one attached hydrogen (secondary N) is 1. The molecule has 2 N–H and O–H groups in total. The van der Waals surface area contributed by atoms with Crippen LogP contribution in [-0.4, -0.2) is 23.8 Å². The summed E-state index contributed by atoms with van der Waals surface area (Å²) in [6.07, 6.45) is 1.71. The Morgan fingerprint density at radius 3 is 2.47 bits per heavy atom. The zero-order chi connectivity index (χ0) is 13.7. The molecule has 2 rings (SSSR count). The van der Waals surface area contributed by atoms with Crippen LogP contribution in [-0.2, 0) is 0 Å². The number of aliphatic hydroxyl groups is 1. The summed E-state index contributed by atoms with van der Waals surface area (Å²) in [5, 5.41) is 12.8. The lowest BCUT2D eigenvalue weighted by Crippen LogP contribution is -2.15. The lowest BCUT2D eigenvalue weighted by Gasteiger charge is -2.18. The molecule has 0 fully saturated rings. The fraction of sp³-hybridized carbons (Fsp3) is 0.267. The molecule has 4 nitrogen and oxygen atoms in total. The van der Waals surface area contributed by atoms with E-state index >= 15 is 0 Å². The van der Waals surface area contributed by atoms with Crippen molar-refractivity contribution in [1.82, 2.24) is 4.98 Å². The van der Waals surface area contributed by atoms with Crippen LogP contribution >= 0.6 is 0 Å². The van der Waals surface area contributed by atoms with Crippen molar-refractivity contribution in [3.63, 3.8) is 0 Å². The minimum Gasteiger partial charge on any atom is -0.481 e. The van der Waals surface area contributed by atoms with Gasteiger partial charge in [-0.15, -0.1) is 0 Å². The molecule has 0 saturated heterocycles. The maximum absolute atomic E-state index is 9.50. The number of aromatic nitrogens is 1. The number of nitrogens with zero attached hydrogens (tertiary/aromatic N) is 1. The fourth-order valence-corrected chi connectivity index (χ4v) is 1.80. The molecule has 4 heteroatoms. The number of anilines is 1. The third kappa shape index (κ3) is 3.45. The first-order valence-electron chi connectivity index (χ1n) is 6.17. The predicted octanol–water partition coefficient (Wildman–Crippen LogP) is 2.54. The van der Waals surface area contributed by atoms with Gasteiger partial charge in [0.2, 0.25) is 5.88 Å². The van der Waals surface area contributed by atoms with Gasteiger partial charge in [0.05, 0.1) is 19.8 Å². The van der Waals surface area contributed by atoms with Crippen LogP contribution in [0.3, 0.4) is 0 Å². The summed E-state index contributed by atoms with van der Waals surface area (Å²) >= 11 is 0. The number of aliphatic hydroxyl groups excluding tert-OH is 1. The highest BCUT2D eigenvalue weighted by molar-refractivity contribution is 5.46. The van der Waals surface area contributed by atoms with Crippen LogP contribution in [0.4, 0.5) is 5.69 Å². The van der Waals surface area contributed by atoms with Crippen LogP contribution in [0.1, 0.15) is 17.2 Å². The highest BCUT2D eigenvalue weighted by Gasteiger charge is 2.10. The summed E-state index contributed by atoms with van der Waals surface area (Å²) in [5.41, 5.74) is 3.10. The zero-order valence-electron chi connectivity index (χ0n) is 11.1. The molecule has 0 aliphatic rings. The Morgan fingerprint density at radius 2 is 1.95 bits per heavy atom. The summed E-state index contributed by atoms with van der Waals surface area (Å²) in [7, 11) is 1.58. The molecule has 1 atom stereocenters. The molecule has 0 radical (unpaired) electrons. The Hall–Kier alpha value is -2.07. The summed E-state index contributed by atoms with van der Waals surface area (Å²) in [6, 6.07) is 11.6. The Labute approximate surface area is 113 Å². The van der Waals surface area contributed by atoms with Crippen LogP contribution in [0.5, 0.6) is 5.88 Å². The maximum atomic E-state index is 9.50. The lowest BCUT2D eigenvalue weighted by molar-refractivity contribution is 0.276. The minimum atomic E-state index is -0.180. The topological polar surface area (TPSA) is 54.4 Å². The highest BCUT2D eigenvalue weighted by Crippen LogP contribution is 2.20. The Balaban J connectivity index is 2.12. The molecule has 100 valence electrons. The van der Waals surface area contributed by atoms with Crippen LogP contribution in [0.2, 0.25) is 0 Å². The summed E-state index contributed by atoms with van der Waals surface area (Å²) in [6.45, 7) is 2.04. The monoisotopic (exact) mass is 258 g/mol. The number of ether oxygens (including phenoxy) is 1. The van der Waals surface area contributed by atoms with Crippen molar-refractivity contribution in [2.24, 2.45) is 0 Å². The van der Waals surface area contributed by atoms with Gasteiger partial charge >= 0.3 is 0 Å². The van der Waals surface area contributed by atoms with E-state index in [9.17, 15) is 5.11 Å². The number of methoxy groups -OCH3 is 1. The normalized spacial score (nSPS) is 11.9. The van der Waals surface area contributed by atoms with E-state index in [2.05, 4.69) is 10.3 Å². The van der Waals surface area contributed by atoms with E-state index in [1.807, 2.05) is 37.3 Å². The number of rotatable bonds is 5. The van der Waals surface area contributed by atoms with Crippen molar-refractivity contribution >= 4 is 5.69 Å². The first-order chi connectivity index (χ1) is 9.22. The molecule has 1 aromatic heterocycles. The van der Waals surface area contributed by atoms with Crippen LogP contribution in [0.15, 0.2) is 42.6 Å². The van der Waals surface area contributed by atoms with Crippen molar-refractivity contribution in [2.45, 2.75) is 13.0 Å². The van der Waals surface area contributed by atoms with Gasteiger partial charge in [0.1, 0.15) is 0 Å². The smallest absolute Gasteiger partial charge is 0.212 e. The van der Waals surface area contributed by atoms with Gasteiger partial charge in [0, 0.05) is 18.0 Å². The Kier molecular flexibility index (Phi) is 4.36. The van der Waals surface area contributed by atoms with E-state index in [1.54, 1.807) is 19.4 Å². The van der Waals surface area contributed by atoms with Gasteiger partial charge in [0.15, 0.2) is 0 Å². The molecule has 0 bridgehead atoms. The average Bonchev–Trinajstić information content (AvgIpc) is 2.47. The average molecular weight is 258 g/mol. The molecular weight excluding hydrogens is 240 g/mol. The largest absolute Gasteiger partial charge is 0.481 e. The lowest BCUT2D eigenvalue weighted by atomic mass is 10.1. The number of benzene rings is 1. The van der Waals surface area contributed by atoms with Crippen molar-refractivity contribution in [3.05, 3.63) is 53.7 Å². The standard InChI is InChI=1S/C15H18N2O2/c1-11-3-6-13(7-4-11)17-14(10-18)12-5-8-15(19-2)16-9-12/h3-9,14,17-18H,10H2,1-2H3. The second-order valence-corrected chi connectivity index (χ2v) is 4.38. The number of pyridine rings is 1. The minimum absolute atomic E-state index is 0.00187. The quantitative estimate of drug-likeness (QED) is 0.865. The van der Waals surface area contributed by atoms with Crippen LogP contribution in [0.25, 0.3) is 0 Å². The fourth-order valence-electron chi connectivity index (χ4n) is 1.80. The van der Waals surface area contributed by atoms with Gasteiger partial charge in [-0.05, 0) is 30.7 Å². The molecule has 0 saturated carbocycles. The summed E-state index contributed by atoms with van der Waals surface area (Å²) < 4.78 is 5.02. The van der Waals surface area contributed by atoms with E-state index in [-0.39, 0.29) is 12.6 Å². The number of hydrogen-bond acceptors (Lipinski definition) is 4. The van der Waals surface area contributed by atoms with E-state index < -0.39 is 0 Å². The summed E-state index contributed by atoms with van der Waals surface area (Å²) in [4.78, 5) is 4.15. The Bertz CT molecular complexity index is 509. The third-order valence-corrected chi connectivity index (χ3v) is 2.95. The molecule has 0 aliphatic heterocycles. The molecule has 1 aromatic carbocycles. The SMILES string of the molecule is COc1ccc(C(CO)Nc2ccc(C)cc2)cn1. The molecular formula is C15H18N2O2. The third-order valence-electron chi connectivity index (χ3n) is 2.95. The van der Waals surface area contributed by atoms with E-state index in [1.165, 1.54) is 5.56 Å². The first-order valence-corrected chi connectivity index (χ1v) is 6.17. The van der Waals surface area contributed by atoms with E-state index in [0.29, 0.717) is 5.88 Å². The van der Waals surface area contributed by atoms with Gasteiger partial charge in [-0.3, -0.25) is 0 Å². The van der Waals surface area contributed by atoms with Crippen molar-refractivity contribution in [3.8, 4) is 5.88 Å². The van der Waals surface area contributed by atoms with Gasteiger partial charge in [-0.1, -0.05) is 17.7 Å². The van der Waals surface area contributed by atoms with E-state index in [0.717, 1.165) is 11.3 Å². The van der Waals surface area contributed by atoms with Gasteiger partial charge in [0.25, 0.3) is 0 Å². The maximum Gasteiger partial charge on any atom is 0.212 e. The highest BCUT2D eigenvalue weighted by atomic mass is 16.5. The predicted molar refractivity (Wildman–Crippen MR) is 75.4 cm³/mol. The van der Waals surface area contributed by atoms with Gasteiger partial charge in [-0.2, -0.15) is 0 Å². The molecule has 2 aromatic rings. The van der Waals surface area contributed by atoms with Crippen LogP contribution < -0.4 is 10.1 Å². The molecule has 1 unspecified atom stereocenters. The van der Waals surface area contributed by atoms with Gasteiger partial charge in [-0.25, -0.2) is 4.98 Å². The van der Waals surface area contributed by atoms with Crippen molar-refractivity contribution in [1.29, 1.82) is 0 Å². The molecule has 0 aliphatic carbocycles. The zero-order valence-corrected chi connectivity index (χ0v) is 11.1. The molecule has 1 heterocycles. The second kappa shape index (κ2) is 6.20. The van der Waals surface area contributed by atoms with Crippen molar-refractivity contribution < 1.29 is 9.84 Å². The van der Waals surface area contributed by atoms with Crippen molar-refractivity contribution in [2.75, 3.05) is 19.0 Å². The van der Waals surface area contributed by atoms with Gasteiger partial charge < -0.3 is 15.2 Å². The first kappa shape index (κ1) is 13.4. The summed E-state index contributed by atoms with van der Waals surface area (Å²) in [5.74, 6) is 0.566. The number of aryl methyl sites for hydroxylation is 1.